The first-order valence-corrected chi connectivity index (χ1v) is 10.5. The molecule has 26 heavy (non-hydrogen) atoms. The topological polar surface area (TPSA) is 87.7 Å². The van der Waals surface area contributed by atoms with Crippen LogP contribution in [0, 0.1) is 6.92 Å². The second-order valence-electron chi connectivity index (χ2n) is 5.88. The summed E-state index contributed by atoms with van der Waals surface area (Å²) in [6.07, 6.45) is 0. The molecule has 0 unspecified atom stereocenters. The molecule has 0 aliphatic carbocycles. The standard InChI is InChI=1S/C17H21N3O4S2/c1-13-5-10-25-16(13)12-18-17(21)19-14-3-2-4-15(11-14)26(22,23)20-6-8-24-9-7-20/h2-5,10-11H,6-9,12H2,1H3,(H2,18,19,21). The smallest absolute Gasteiger partial charge is 0.319 e. The van der Waals surface area contributed by atoms with E-state index in [1.807, 2.05) is 18.4 Å². The van der Waals surface area contributed by atoms with Gasteiger partial charge in [0.05, 0.1) is 24.7 Å². The molecule has 2 heterocycles. The Hall–Kier alpha value is -1.94. The van der Waals surface area contributed by atoms with E-state index in [0.717, 1.165) is 10.4 Å². The molecule has 2 N–H and O–H groups in total. The Morgan fingerprint density at radius 3 is 2.73 bits per heavy atom. The van der Waals surface area contributed by atoms with E-state index in [1.165, 1.54) is 16.4 Å². The molecule has 0 radical (unpaired) electrons. The number of rotatable bonds is 5. The lowest BCUT2D eigenvalue weighted by molar-refractivity contribution is 0.0730. The highest BCUT2D eigenvalue weighted by atomic mass is 32.2. The molecular weight excluding hydrogens is 374 g/mol. The molecule has 1 fully saturated rings. The number of nitrogens with zero attached hydrogens (tertiary/aromatic N) is 1. The Morgan fingerprint density at radius 1 is 1.27 bits per heavy atom. The number of carbonyl (C=O) groups excluding carboxylic acids is 1. The van der Waals surface area contributed by atoms with Crippen molar-refractivity contribution < 1.29 is 17.9 Å². The van der Waals surface area contributed by atoms with Crippen molar-refractivity contribution >= 4 is 33.1 Å². The van der Waals surface area contributed by atoms with Crippen LogP contribution in [0.5, 0.6) is 0 Å². The summed E-state index contributed by atoms with van der Waals surface area (Å²) in [7, 11) is -3.59. The normalized spacial score (nSPS) is 15.6. The summed E-state index contributed by atoms with van der Waals surface area (Å²) in [5.41, 5.74) is 1.56. The third-order valence-electron chi connectivity index (χ3n) is 4.08. The first kappa shape index (κ1) is 18.8. The van der Waals surface area contributed by atoms with Crippen LogP contribution in [-0.2, 0) is 21.3 Å². The lowest BCUT2D eigenvalue weighted by Gasteiger charge is -2.26. The van der Waals surface area contributed by atoms with E-state index < -0.39 is 10.0 Å². The summed E-state index contributed by atoms with van der Waals surface area (Å²) >= 11 is 1.58. The number of urea groups is 1. The summed E-state index contributed by atoms with van der Waals surface area (Å²) < 4.78 is 32.0. The van der Waals surface area contributed by atoms with Gasteiger partial charge in [-0.2, -0.15) is 4.31 Å². The third kappa shape index (κ3) is 4.42. The number of anilines is 1. The number of ether oxygens (including phenoxy) is 1. The number of aryl methyl sites for hydroxylation is 1. The van der Waals surface area contributed by atoms with Gasteiger partial charge in [-0.05, 0) is 42.1 Å². The molecule has 7 nitrogen and oxygen atoms in total. The number of hydrogen-bond donors (Lipinski definition) is 2. The van der Waals surface area contributed by atoms with E-state index in [9.17, 15) is 13.2 Å². The van der Waals surface area contributed by atoms with E-state index in [0.29, 0.717) is 38.5 Å². The summed E-state index contributed by atoms with van der Waals surface area (Å²) in [5.74, 6) is 0. The zero-order valence-corrected chi connectivity index (χ0v) is 16.0. The van der Waals surface area contributed by atoms with Crippen molar-refractivity contribution in [3.05, 3.63) is 46.2 Å². The Labute approximate surface area is 157 Å². The molecule has 1 aliphatic heterocycles. The Morgan fingerprint density at radius 2 is 2.04 bits per heavy atom. The van der Waals surface area contributed by atoms with E-state index in [2.05, 4.69) is 10.6 Å². The van der Waals surface area contributed by atoms with Crippen molar-refractivity contribution in [3.8, 4) is 0 Å². The van der Waals surface area contributed by atoms with Crippen LogP contribution in [0.25, 0.3) is 0 Å². The average molecular weight is 396 g/mol. The Balaban J connectivity index is 1.65. The molecule has 0 spiro atoms. The molecule has 1 aliphatic rings. The van der Waals surface area contributed by atoms with E-state index in [-0.39, 0.29) is 10.9 Å². The second-order valence-corrected chi connectivity index (χ2v) is 8.82. The van der Waals surface area contributed by atoms with Crippen LogP contribution < -0.4 is 10.6 Å². The maximum Gasteiger partial charge on any atom is 0.319 e. The Bertz CT molecular complexity index is 874. The van der Waals surface area contributed by atoms with Crippen molar-refractivity contribution in [3.63, 3.8) is 0 Å². The lowest BCUT2D eigenvalue weighted by Crippen LogP contribution is -2.40. The molecule has 1 saturated heterocycles. The van der Waals surface area contributed by atoms with Gasteiger partial charge in [0.1, 0.15) is 0 Å². The summed E-state index contributed by atoms with van der Waals surface area (Å²) in [5, 5.41) is 7.44. The van der Waals surface area contributed by atoms with Crippen molar-refractivity contribution in [1.29, 1.82) is 0 Å². The molecule has 1 aromatic heterocycles. The van der Waals surface area contributed by atoms with Gasteiger partial charge in [0.25, 0.3) is 0 Å². The first-order valence-electron chi connectivity index (χ1n) is 8.22. The summed E-state index contributed by atoms with van der Waals surface area (Å²) in [4.78, 5) is 13.3. The summed E-state index contributed by atoms with van der Waals surface area (Å²) in [6.45, 7) is 3.87. The monoisotopic (exact) mass is 395 g/mol. The number of amides is 2. The van der Waals surface area contributed by atoms with Crippen LogP contribution in [0.1, 0.15) is 10.4 Å². The van der Waals surface area contributed by atoms with Gasteiger partial charge in [0.15, 0.2) is 0 Å². The Kier molecular flexibility index (Phi) is 5.92. The van der Waals surface area contributed by atoms with Crippen LogP contribution in [0.15, 0.2) is 40.6 Å². The highest BCUT2D eigenvalue weighted by Crippen LogP contribution is 2.20. The third-order valence-corrected chi connectivity index (χ3v) is 7.00. The van der Waals surface area contributed by atoms with Gasteiger partial charge in [0, 0.05) is 23.7 Å². The minimum Gasteiger partial charge on any atom is -0.379 e. The average Bonchev–Trinajstić information content (AvgIpc) is 3.06. The van der Waals surface area contributed by atoms with Gasteiger partial charge in [-0.1, -0.05) is 6.07 Å². The van der Waals surface area contributed by atoms with Gasteiger partial charge < -0.3 is 15.4 Å². The largest absolute Gasteiger partial charge is 0.379 e. The number of thiophene rings is 1. The highest BCUT2D eigenvalue weighted by molar-refractivity contribution is 7.89. The molecule has 0 atom stereocenters. The van der Waals surface area contributed by atoms with Crippen LogP contribution in [0.2, 0.25) is 0 Å². The number of hydrogen-bond acceptors (Lipinski definition) is 5. The van der Waals surface area contributed by atoms with Crippen molar-refractivity contribution in [2.75, 3.05) is 31.6 Å². The predicted molar refractivity (Wildman–Crippen MR) is 101 cm³/mol. The van der Waals surface area contributed by atoms with Crippen molar-refractivity contribution in [2.45, 2.75) is 18.4 Å². The van der Waals surface area contributed by atoms with Gasteiger partial charge in [0.2, 0.25) is 10.0 Å². The predicted octanol–water partition coefficient (Wildman–Crippen LogP) is 2.40. The van der Waals surface area contributed by atoms with Gasteiger partial charge in [-0.25, -0.2) is 13.2 Å². The van der Waals surface area contributed by atoms with Gasteiger partial charge in [-0.15, -0.1) is 11.3 Å². The maximum atomic E-state index is 12.7. The van der Waals surface area contributed by atoms with Gasteiger partial charge >= 0.3 is 6.03 Å². The van der Waals surface area contributed by atoms with Crippen molar-refractivity contribution in [1.82, 2.24) is 9.62 Å². The highest BCUT2D eigenvalue weighted by Gasteiger charge is 2.26. The first-order chi connectivity index (χ1) is 12.5. The molecule has 140 valence electrons. The molecule has 2 aromatic rings. The van der Waals surface area contributed by atoms with E-state index in [1.54, 1.807) is 23.5 Å². The number of sulfonamides is 1. The minimum absolute atomic E-state index is 0.159. The van der Waals surface area contributed by atoms with E-state index in [4.69, 9.17) is 4.74 Å². The molecule has 2 amide bonds. The quantitative estimate of drug-likeness (QED) is 0.814. The number of morpholine rings is 1. The SMILES string of the molecule is Cc1ccsc1CNC(=O)Nc1cccc(S(=O)(=O)N2CCOCC2)c1. The van der Waals surface area contributed by atoms with E-state index >= 15 is 0 Å². The second kappa shape index (κ2) is 8.17. The minimum atomic E-state index is -3.59. The number of nitrogens with one attached hydrogen (secondary N) is 2. The number of benzene rings is 1. The lowest BCUT2D eigenvalue weighted by atomic mass is 10.3. The molecular formula is C17H21N3O4S2. The molecule has 0 bridgehead atoms. The van der Waals surface area contributed by atoms with Crippen LogP contribution in [0.4, 0.5) is 10.5 Å². The van der Waals surface area contributed by atoms with Crippen LogP contribution in [-0.4, -0.2) is 45.1 Å². The molecule has 0 saturated carbocycles. The van der Waals surface area contributed by atoms with Gasteiger partial charge in [-0.3, -0.25) is 0 Å². The fourth-order valence-corrected chi connectivity index (χ4v) is 4.89. The van der Waals surface area contributed by atoms with Crippen LogP contribution in [0.3, 0.4) is 0 Å². The molecule has 1 aromatic carbocycles. The van der Waals surface area contributed by atoms with Crippen LogP contribution >= 0.6 is 11.3 Å². The number of carbonyl (C=O) groups is 1. The maximum absolute atomic E-state index is 12.7. The van der Waals surface area contributed by atoms with Crippen molar-refractivity contribution in [2.24, 2.45) is 0 Å². The fraction of sp³-hybridized carbons (Fsp3) is 0.353. The molecule has 9 heteroatoms. The zero-order chi connectivity index (χ0) is 18.6. The summed E-state index contributed by atoms with van der Waals surface area (Å²) in [6, 6.07) is 7.91. The molecule has 3 rings (SSSR count). The fourth-order valence-electron chi connectivity index (χ4n) is 2.59. The zero-order valence-electron chi connectivity index (χ0n) is 14.4.